The highest BCUT2D eigenvalue weighted by atomic mass is 32.2. The lowest BCUT2D eigenvalue weighted by atomic mass is 10.1. The van der Waals surface area contributed by atoms with Crippen molar-refractivity contribution in [3.63, 3.8) is 0 Å². The quantitative estimate of drug-likeness (QED) is 0.778. The van der Waals surface area contributed by atoms with Crippen LogP contribution >= 0.6 is 11.8 Å². The molecule has 2 heteroatoms. The van der Waals surface area contributed by atoms with Gasteiger partial charge in [0.2, 0.25) is 0 Å². The second kappa shape index (κ2) is 7.01. The Kier molecular flexibility index (Phi) is 5.33. The number of thioether (sulfide) groups is 1. The van der Waals surface area contributed by atoms with Gasteiger partial charge in [-0.15, -0.1) is 0 Å². The maximum Gasteiger partial charge on any atom is 0.0281 e. The zero-order valence-electron chi connectivity index (χ0n) is 11.2. The first-order valence-electron chi connectivity index (χ1n) is 6.82. The van der Waals surface area contributed by atoms with Crippen LogP contribution in [0.1, 0.15) is 31.2 Å². The number of hydrogen-bond acceptors (Lipinski definition) is 2. The van der Waals surface area contributed by atoms with E-state index in [1.165, 1.54) is 31.2 Å². The van der Waals surface area contributed by atoms with E-state index in [2.05, 4.69) is 54.1 Å². The molecular formula is C16H23NS. The molecule has 1 N–H and O–H groups in total. The standard InChI is InChI=1S/C16H23NS/c1-18-16(11-5-6-12-16)14-17-13-7-10-15-8-3-2-4-9-15/h2-4,7-10,17H,5-6,11-14H2,1H3/b10-7+. The van der Waals surface area contributed by atoms with Crippen molar-refractivity contribution in [2.24, 2.45) is 0 Å². The molecule has 0 unspecified atom stereocenters. The summed E-state index contributed by atoms with van der Waals surface area (Å²) in [5, 5.41) is 3.58. The van der Waals surface area contributed by atoms with E-state index in [4.69, 9.17) is 0 Å². The molecule has 0 bridgehead atoms. The molecule has 0 saturated heterocycles. The zero-order valence-corrected chi connectivity index (χ0v) is 12.0. The van der Waals surface area contributed by atoms with Gasteiger partial charge in [0.1, 0.15) is 0 Å². The van der Waals surface area contributed by atoms with Gasteiger partial charge in [-0.25, -0.2) is 0 Å². The Balaban J connectivity index is 1.71. The van der Waals surface area contributed by atoms with Crippen molar-refractivity contribution in [1.29, 1.82) is 0 Å². The van der Waals surface area contributed by atoms with Crippen LogP contribution in [0.4, 0.5) is 0 Å². The lowest BCUT2D eigenvalue weighted by molar-refractivity contribution is 0.554. The van der Waals surface area contributed by atoms with Gasteiger partial charge >= 0.3 is 0 Å². The van der Waals surface area contributed by atoms with Crippen LogP contribution in [0.25, 0.3) is 6.08 Å². The summed E-state index contributed by atoms with van der Waals surface area (Å²) in [6.45, 7) is 2.12. The molecule has 1 fully saturated rings. The predicted molar refractivity (Wildman–Crippen MR) is 83.1 cm³/mol. The molecule has 1 aromatic rings. The highest BCUT2D eigenvalue weighted by Crippen LogP contribution is 2.39. The summed E-state index contributed by atoms with van der Waals surface area (Å²) in [5.74, 6) is 0. The average Bonchev–Trinajstić information content (AvgIpc) is 2.89. The van der Waals surface area contributed by atoms with E-state index in [0.717, 1.165) is 13.1 Å². The van der Waals surface area contributed by atoms with Crippen molar-refractivity contribution in [1.82, 2.24) is 5.32 Å². The maximum atomic E-state index is 3.58. The van der Waals surface area contributed by atoms with Gasteiger partial charge < -0.3 is 5.32 Å². The fourth-order valence-corrected chi connectivity index (χ4v) is 3.56. The predicted octanol–water partition coefficient (Wildman–Crippen LogP) is 3.97. The third-order valence-corrected chi connectivity index (χ3v) is 5.19. The third kappa shape index (κ3) is 3.89. The van der Waals surface area contributed by atoms with Crippen molar-refractivity contribution in [2.75, 3.05) is 19.3 Å². The largest absolute Gasteiger partial charge is 0.312 e. The van der Waals surface area contributed by atoms with E-state index in [9.17, 15) is 0 Å². The lowest BCUT2D eigenvalue weighted by Crippen LogP contribution is -2.35. The lowest BCUT2D eigenvalue weighted by Gasteiger charge is -2.26. The van der Waals surface area contributed by atoms with Crippen LogP contribution in [0.2, 0.25) is 0 Å². The number of nitrogens with one attached hydrogen (secondary N) is 1. The second-order valence-electron chi connectivity index (χ2n) is 5.04. The van der Waals surface area contributed by atoms with Gasteiger partial charge in [0.25, 0.3) is 0 Å². The second-order valence-corrected chi connectivity index (χ2v) is 6.31. The van der Waals surface area contributed by atoms with Gasteiger partial charge in [-0.05, 0) is 24.7 Å². The minimum atomic E-state index is 0.514. The molecule has 0 aromatic heterocycles. The van der Waals surface area contributed by atoms with Gasteiger partial charge in [0.15, 0.2) is 0 Å². The summed E-state index contributed by atoms with van der Waals surface area (Å²) in [5.41, 5.74) is 1.28. The molecule has 1 nitrogen and oxygen atoms in total. The fourth-order valence-electron chi connectivity index (χ4n) is 2.61. The van der Waals surface area contributed by atoms with Crippen molar-refractivity contribution < 1.29 is 0 Å². The summed E-state index contributed by atoms with van der Waals surface area (Å²) in [7, 11) is 0. The molecule has 98 valence electrons. The van der Waals surface area contributed by atoms with E-state index in [-0.39, 0.29) is 0 Å². The molecular weight excluding hydrogens is 238 g/mol. The van der Waals surface area contributed by atoms with E-state index in [1.54, 1.807) is 0 Å². The Hall–Kier alpha value is -0.730. The first-order chi connectivity index (χ1) is 8.85. The van der Waals surface area contributed by atoms with Crippen LogP contribution in [0, 0.1) is 0 Å². The maximum absolute atomic E-state index is 3.58. The van der Waals surface area contributed by atoms with Gasteiger partial charge in [-0.1, -0.05) is 55.3 Å². The van der Waals surface area contributed by atoms with Gasteiger partial charge in [-0.2, -0.15) is 11.8 Å². The summed E-state index contributed by atoms with van der Waals surface area (Å²) in [6.07, 6.45) is 12.2. The zero-order chi connectivity index (χ0) is 12.7. The molecule has 1 saturated carbocycles. The summed E-state index contributed by atoms with van der Waals surface area (Å²) >= 11 is 2.05. The SMILES string of the molecule is CSC1(CNC/C=C/c2ccccc2)CCCC1. The highest BCUT2D eigenvalue weighted by molar-refractivity contribution is 8.00. The summed E-state index contributed by atoms with van der Waals surface area (Å²) in [6, 6.07) is 10.5. The summed E-state index contributed by atoms with van der Waals surface area (Å²) < 4.78 is 0.514. The highest BCUT2D eigenvalue weighted by Gasteiger charge is 2.32. The van der Waals surface area contributed by atoms with E-state index >= 15 is 0 Å². The minimum absolute atomic E-state index is 0.514. The van der Waals surface area contributed by atoms with Crippen molar-refractivity contribution >= 4 is 17.8 Å². The van der Waals surface area contributed by atoms with E-state index in [0.29, 0.717) is 4.75 Å². The Labute approximate surface area is 115 Å². The number of rotatable bonds is 6. The normalized spacial score (nSPS) is 18.5. The monoisotopic (exact) mass is 261 g/mol. The van der Waals surface area contributed by atoms with Crippen LogP contribution in [0.3, 0.4) is 0 Å². The van der Waals surface area contributed by atoms with Gasteiger partial charge in [-0.3, -0.25) is 0 Å². The van der Waals surface area contributed by atoms with E-state index in [1.807, 2.05) is 11.8 Å². The minimum Gasteiger partial charge on any atom is -0.312 e. The summed E-state index contributed by atoms with van der Waals surface area (Å²) in [4.78, 5) is 0. The fraction of sp³-hybridized carbons (Fsp3) is 0.500. The Morgan fingerprint density at radius 2 is 1.94 bits per heavy atom. The molecule has 18 heavy (non-hydrogen) atoms. The van der Waals surface area contributed by atoms with Crippen LogP contribution in [0.5, 0.6) is 0 Å². The van der Waals surface area contributed by atoms with Gasteiger partial charge in [0, 0.05) is 17.8 Å². The topological polar surface area (TPSA) is 12.0 Å². The van der Waals surface area contributed by atoms with Crippen LogP contribution in [-0.4, -0.2) is 24.1 Å². The Bertz CT molecular complexity index is 366. The van der Waals surface area contributed by atoms with Crippen molar-refractivity contribution in [3.8, 4) is 0 Å². The first kappa shape index (κ1) is 13.7. The molecule has 1 aromatic carbocycles. The molecule has 0 atom stereocenters. The molecule has 2 rings (SSSR count). The van der Waals surface area contributed by atoms with E-state index < -0.39 is 0 Å². The smallest absolute Gasteiger partial charge is 0.0281 e. The Morgan fingerprint density at radius 3 is 2.61 bits per heavy atom. The average molecular weight is 261 g/mol. The van der Waals surface area contributed by atoms with Crippen molar-refractivity contribution in [2.45, 2.75) is 30.4 Å². The first-order valence-corrected chi connectivity index (χ1v) is 8.05. The van der Waals surface area contributed by atoms with Crippen LogP contribution in [-0.2, 0) is 0 Å². The Morgan fingerprint density at radius 1 is 1.22 bits per heavy atom. The molecule has 0 radical (unpaired) electrons. The molecule has 0 heterocycles. The molecule has 0 aliphatic heterocycles. The van der Waals surface area contributed by atoms with Crippen LogP contribution < -0.4 is 5.32 Å². The number of benzene rings is 1. The van der Waals surface area contributed by atoms with Gasteiger partial charge in [0.05, 0.1) is 0 Å². The van der Waals surface area contributed by atoms with Crippen molar-refractivity contribution in [3.05, 3.63) is 42.0 Å². The molecule has 1 aliphatic rings. The molecule has 0 amide bonds. The number of hydrogen-bond donors (Lipinski definition) is 1. The van der Waals surface area contributed by atoms with Crippen LogP contribution in [0.15, 0.2) is 36.4 Å². The molecule has 1 aliphatic carbocycles. The molecule has 0 spiro atoms. The third-order valence-electron chi connectivity index (χ3n) is 3.77.